The number of hydrogen-bond donors (Lipinski definition) is 2. The van der Waals surface area contributed by atoms with E-state index in [0.717, 1.165) is 44.3 Å². The number of cyclic esters (lactones) is 1. The molecule has 178 valence electrons. The molecule has 3 saturated heterocycles. The fraction of sp³-hybridized carbons (Fsp3) is 0.542. The van der Waals surface area contributed by atoms with Crippen LogP contribution in [0.5, 0.6) is 0 Å². The van der Waals surface area contributed by atoms with Gasteiger partial charge in [0.2, 0.25) is 0 Å². The number of carbonyl (C=O) groups excluding carboxylic acids is 2. The Hall–Kier alpha value is -2.91. The van der Waals surface area contributed by atoms with Gasteiger partial charge in [0.15, 0.2) is 0 Å². The van der Waals surface area contributed by atoms with Crippen LogP contribution in [0.4, 0.5) is 0 Å². The van der Waals surface area contributed by atoms with Crippen molar-refractivity contribution >= 4 is 29.3 Å². The van der Waals surface area contributed by atoms with Crippen LogP contribution in [0.25, 0.3) is 11.0 Å². The van der Waals surface area contributed by atoms with Crippen LogP contribution in [0, 0.1) is 5.41 Å². The van der Waals surface area contributed by atoms with Gasteiger partial charge in [-0.05, 0) is 37.8 Å². The summed E-state index contributed by atoms with van der Waals surface area (Å²) >= 11 is 0. The Morgan fingerprint density at radius 1 is 1.15 bits per heavy atom. The summed E-state index contributed by atoms with van der Waals surface area (Å²) in [5, 5.41) is 17.5. The van der Waals surface area contributed by atoms with Gasteiger partial charge in [0.05, 0.1) is 23.3 Å². The van der Waals surface area contributed by atoms with Crippen molar-refractivity contribution in [1.29, 1.82) is 0 Å². The minimum atomic E-state index is -0.465. The number of nitrogens with zero attached hydrogens (tertiary/aromatic N) is 2. The SMILES string of the molecule is O=C(c1cccc2ccoc12)N1CCC2(CC1)CC(CN1CCC(O)CC1)OC2=O.O=CO. The first kappa shape index (κ1) is 23.3. The number of furan rings is 1. The van der Waals surface area contributed by atoms with E-state index in [-0.39, 0.29) is 30.6 Å². The van der Waals surface area contributed by atoms with Crippen molar-refractivity contribution in [3.05, 3.63) is 36.1 Å². The average molecular weight is 459 g/mol. The molecular formula is C24H30N2O7. The Labute approximate surface area is 191 Å². The number of piperidine rings is 2. The van der Waals surface area contributed by atoms with E-state index in [9.17, 15) is 14.7 Å². The Bertz CT molecular complexity index is 988. The smallest absolute Gasteiger partial charge is 0.312 e. The number of aliphatic hydroxyl groups excluding tert-OH is 1. The first-order valence-electron chi connectivity index (χ1n) is 11.4. The highest BCUT2D eigenvalue weighted by atomic mass is 16.6. The number of likely N-dealkylation sites (tertiary alicyclic amines) is 2. The van der Waals surface area contributed by atoms with Gasteiger partial charge in [0.1, 0.15) is 11.7 Å². The molecule has 9 heteroatoms. The van der Waals surface area contributed by atoms with E-state index in [1.54, 1.807) is 12.3 Å². The zero-order valence-electron chi connectivity index (χ0n) is 18.5. The van der Waals surface area contributed by atoms with Crippen molar-refractivity contribution in [1.82, 2.24) is 9.80 Å². The predicted octanol–water partition coefficient (Wildman–Crippen LogP) is 2.13. The van der Waals surface area contributed by atoms with Crippen LogP contribution in [-0.4, -0.2) is 83.3 Å². The van der Waals surface area contributed by atoms with Crippen molar-refractivity contribution < 1.29 is 33.8 Å². The normalized spacial score (nSPS) is 23.2. The monoisotopic (exact) mass is 458 g/mol. The van der Waals surface area contributed by atoms with Gasteiger partial charge in [0.25, 0.3) is 12.4 Å². The molecule has 2 N–H and O–H groups in total. The van der Waals surface area contributed by atoms with Gasteiger partial charge in [0, 0.05) is 44.5 Å². The molecule has 1 aromatic heterocycles. The van der Waals surface area contributed by atoms with Gasteiger partial charge in [-0.2, -0.15) is 0 Å². The third-order valence-electron chi connectivity index (χ3n) is 7.06. The molecule has 3 fully saturated rings. The van der Waals surface area contributed by atoms with Crippen molar-refractivity contribution in [2.75, 3.05) is 32.7 Å². The molecule has 9 nitrogen and oxygen atoms in total. The summed E-state index contributed by atoms with van der Waals surface area (Å²) in [6.07, 6.45) is 4.88. The molecule has 2 aromatic rings. The van der Waals surface area contributed by atoms with Gasteiger partial charge in [-0.3, -0.25) is 19.3 Å². The lowest BCUT2D eigenvalue weighted by Crippen LogP contribution is -2.45. The number of para-hydroxylation sites is 1. The van der Waals surface area contributed by atoms with Crippen LogP contribution in [0.3, 0.4) is 0 Å². The molecule has 3 aliphatic rings. The highest BCUT2D eigenvalue weighted by Gasteiger charge is 2.51. The molecule has 0 saturated carbocycles. The van der Waals surface area contributed by atoms with E-state index in [1.807, 2.05) is 23.1 Å². The minimum absolute atomic E-state index is 0.0415. The molecule has 0 bridgehead atoms. The van der Waals surface area contributed by atoms with Crippen molar-refractivity contribution in [3.63, 3.8) is 0 Å². The molecule has 1 amide bonds. The molecule has 0 radical (unpaired) electrons. The third kappa shape index (κ3) is 4.89. The van der Waals surface area contributed by atoms with Crippen LogP contribution in [0.15, 0.2) is 34.9 Å². The second kappa shape index (κ2) is 9.93. The summed E-state index contributed by atoms with van der Waals surface area (Å²) in [6, 6.07) is 7.45. The van der Waals surface area contributed by atoms with Gasteiger partial charge < -0.3 is 24.3 Å². The number of amides is 1. The lowest BCUT2D eigenvalue weighted by Gasteiger charge is -2.36. The zero-order valence-corrected chi connectivity index (χ0v) is 18.5. The molecule has 3 aliphatic heterocycles. The Kier molecular flexibility index (Phi) is 6.99. The molecule has 1 spiro atoms. The lowest BCUT2D eigenvalue weighted by atomic mass is 9.76. The second-order valence-corrected chi connectivity index (χ2v) is 9.09. The van der Waals surface area contributed by atoms with Crippen LogP contribution in [-0.2, 0) is 14.3 Å². The van der Waals surface area contributed by atoms with Gasteiger partial charge >= 0.3 is 5.97 Å². The van der Waals surface area contributed by atoms with Crippen LogP contribution < -0.4 is 0 Å². The molecule has 1 aromatic carbocycles. The van der Waals surface area contributed by atoms with E-state index >= 15 is 0 Å². The number of esters is 1. The minimum Gasteiger partial charge on any atom is -0.483 e. The standard InChI is InChI=1S/C23H28N2O5.CH2O2/c26-17-4-9-24(10-5-17)15-18-14-23(22(28)30-18)7-11-25(12-8-23)21(27)19-3-1-2-16-6-13-29-20(16)19;2-1-3/h1-3,6,13,17-18,26H,4-5,7-12,14-15H2;1H,(H,2,3). The number of aliphatic hydroxyl groups is 1. The largest absolute Gasteiger partial charge is 0.483 e. The summed E-state index contributed by atoms with van der Waals surface area (Å²) in [7, 11) is 0. The van der Waals surface area contributed by atoms with Gasteiger partial charge in [-0.25, -0.2) is 0 Å². The fourth-order valence-corrected chi connectivity index (χ4v) is 5.21. The summed E-state index contributed by atoms with van der Waals surface area (Å²) in [5.74, 6) is -0.148. The van der Waals surface area contributed by atoms with Crippen molar-refractivity contribution in [2.24, 2.45) is 5.41 Å². The Morgan fingerprint density at radius 2 is 1.85 bits per heavy atom. The first-order valence-corrected chi connectivity index (χ1v) is 11.4. The van der Waals surface area contributed by atoms with E-state index in [2.05, 4.69) is 4.90 Å². The van der Waals surface area contributed by atoms with Crippen LogP contribution >= 0.6 is 0 Å². The maximum absolute atomic E-state index is 13.1. The lowest BCUT2D eigenvalue weighted by molar-refractivity contribution is -0.151. The summed E-state index contributed by atoms with van der Waals surface area (Å²) in [6.45, 7) is 3.29. The van der Waals surface area contributed by atoms with Crippen LogP contribution in [0.1, 0.15) is 42.5 Å². The molecular weight excluding hydrogens is 428 g/mol. The summed E-state index contributed by atoms with van der Waals surface area (Å²) < 4.78 is 11.3. The quantitative estimate of drug-likeness (QED) is 0.530. The molecule has 0 aliphatic carbocycles. The van der Waals surface area contributed by atoms with Crippen molar-refractivity contribution in [3.8, 4) is 0 Å². The topological polar surface area (TPSA) is 121 Å². The molecule has 4 heterocycles. The molecule has 33 heavy (non-hydrogen) atoms. The van der Waals surface area contributed by atoms with E-state index in [4.69, 9.17) is 19.1 Å². The maximum Gasteiger partial charge on any atom is 0.312 e. The summed E-state index contributed by atoms with van der Waals surface area (Å²) in [4.78, 5) is 38.3. The zero-order chi connectivity index (χ0) is 23.4. The maximum atomic E-state index is 13.1. The fourth-order valence-electron chi connectivity index (χ4n) is 5.21. The highest BCUT2D eigenvalue weighted by molar-refractivity contribution is 6.04. The molecule has 1 unspecified atom stereocenters. The van der Waals surface area contributed by atoms with E-state index in [1.165, 1.54) is 0 Å². The Morgan fingerprint density at radius 3 is 2.55 bits per heavy atom. The molecule has 1 atom stereocenters. The molecule has 5 rings (SSSR count). The number of carbonyl (C=O) groups is 3. The van der Waals surface area contributed by atoms with Gasteiger partial charge in [-0.1, -0.05) is 12.1 Å². The van der Waals surface area contributed by atoms with Crippen molar-refractivity contribution in [2.45, 2.75) is 44.3 Å². The predicted molar refractivity (Wildman–Crippen MR) is 119 cm³/mol. The number of benzene rings is 1. The van der Waals surface area contributed by atoms with Gasteiger partial charge in [-0.15, -0.1) is 0 Å². The summed E-state index contributed by atoms with van der Waals surface area (Å²) in [5.41, 5.74) is 0.732. The number of fused-ring (bicyclic) bond motifs is 1. The number of ether oxygens (including phenoxy) is 1. The number of rotatable bonds is 3. The average Bonchev–Trinajstić information content (AvgIpc) is 3.40. The highest BCUT2D eigenvalue weighted by Crippen LogP contribution is 2.43. The Balaban J connectivity index is 0.000000821. The third-order valence-corrected chi connectivity index (χ3v) is 7.06. The van der Waals surface area contributed by atoms with Crippen LogP contribution in [0.2, 0.25) is 0 Å². The first-order chi connectivity index (χ1) is 16.0. The second-order valence-electron chi connectivity index (χ2n) is 9.09. The van der Waals surface area contributed by atoms with E-state index < -0.39 is 5.41 Å². The number of carboxylic acid groups (broad SMARTS) is 1. The van der Waals surface area contributed by atoms with E-state index in [0.29, 0.717) is 37.1 Å². The number of hydrogen-bond acceptors (Lipinski definition) is 7.